The van der Waals surface area contributed by atoms with Crippen LogP contribution in [0.4, 0.5) is 0 Å². The van der Waals surface area contributed by atoms with Gasteiger partial charge in [0.2, 0.25) is 17.7 Å². The van der Waals surface area contributed by atoms with Crippen molar-refractivity contribution in [2.24, 2.45) is 57.8 Å². The summed E-state index contributed by atoms with van der Waals surface area (Å²) in [5, 5.41) is 6.65. The van der Waals surface area contributed by atoms with E-state index in [9.17, 15) is 14.4 Å². The van der Waals surface area contributed by atoms with Crippen LogP contribution in [-0.4, -0.2) is 93.6 Å². The number of nitrogens with one attached hydrogen (secondary N) is 2. The Hall–Kier alpha value is -1.60. The molecule has 4 rings (SSSR count). The normalized spacial score (nSPS) is 25.4. The molecule has 2 aliphatic heterocycles. The summed E-state index contributed by atoms with van der Waals surface area (Å²) in [6.07, 6.45) is 17.5. The SMILES string of the molecule is CCCCC1CC(C(=O)NC[C@H]2CCCN2C(=O)[C@@H](CC(=S)CN)C(C)(C)C)C1.CCCCC1CC(C(=S)NC[C@H]2CCCN2C(=O)[C@@H](CC(=S)CN)C(C)(C)C)C1. The van der Waals surface area contributed by atoms with Gasteiger partial charge in [0.1, 0.15) is 0 Å². The quantitative estimate of drug-likeness (QED) is 0.0895. The van der Waals surface area contributed by atoms with Gasteiger partial charge < -0.3 is 31.9 Å². The summed E-state index contributed by atoms with van der Waals surface area (Å²) in [7, 11) is 0. The molecule has 0 aromatic carbocycles. The number of rotatable bonds is 20. The molecule has 0 radical (unpaired) electrons. The summed E-state index contributed by atoms with van der Waals surface area (Å²) in [6.45, 7) is 20.8. The van der Waals surface area contributed by atoms with Gasteiger partial charge in [0.05, 0.1) is 4.99 Å². The van der Waals surface area contributed by atoms with Crippen molar-refractivity contribution >= 4 is 69.1 Å². The van der Waals surface area contributed by atoms with Crippen LogP contribution in [0.2, 0.25) is 0 Å². The second kappa shape index (κ2) is 24.1. The number of nitrogens with zero attached hydrogens (tertiary/aromatic N) is 2. The maximum atomic E-state index is 13.4. The van der Waals surface area contributed by atoms with E-state index >= 15 is 0 Å². The first-order valence-corrected chi connectivity index (χ1v) is 24.2. The monoisotopic (exact) mass is 863 g/mol. The van der Waals surface area contributed by atoms with Crippen molar-refractivity contribution in [2.45, 2.75) is 170 Å². The molecular weight excluding hydrogens is 781 g/mol. The van der Waals surface area contributed by atoms with E-state index in [-0.39, 0.29) is 58.4 Å². The van der Waals surface area contributed by atoms with Crippen LogP contribution in [0, 0.1) is 46.3 Å². The number of hydrogen-bond acceptors (Lipinski definition) is 8. The Morgan fingerprint density at radius 2 is 1.05 bits per heavy atom. The van der Waals surface area contributed by atoms with Gasteiger partial charge in [0, 0.05) is 84.8 Å². The number of thiocarbonyl (C=S) groups is 3. The molecule has 3 amide bonds. The average molecular weight is 863 g/mol. The molecule has 4 fully saturated rings. The molecule has 9 nitrogen and oxygen atoms in total. The van der Waals surface area contributed by atoms with Crippen LogP contribution in [0.5, 0.6) is 0 Å². The maximum Gasteiger partial charge on any atom is 0.226 e. The van der Waals surface area contributed by atoms with E-state index in [1.807, 2.05) is 4.90 Å². The fourth-order valence-corrected chi connectivity index (χ4v) is 9.92. The van der Waals surface area contributed by atoms with E-state index in [4.69, 9.17) is 48.1 Å². The highest BCUT2D eigenvalue weighted by molar-refractivity contribution is 7.80. The highest BCUT2D eigenvalue weighted by atomic mass is 32.1. The Balaban J connectivity index is 0.000000310. The predicted octanol–water partition coefficient (Wildman–Crippen LogP) is 8.18. The molecule has 0 bridgehead atoms. The minimum Gasteiger partial charge on any atom is -0.377 e. The van der Waals surface area contributed by atoms with E-state index < -0.39 is 0 Å². The minimum atomic E-state index is -0.174. The zero-order valence-corrected chi connectivity index (χ0v) is 40.1. The Bertz CT molecular complexity index is 1260. The van der Waals surface area contributed by atoms with E-state index in [1.54, 1.807) is 0 Å². The second-order valence-corrected chi connectivity index (χ2v) is 21.8. The van der Waals surface area contributed by atoms with E-state index in [0.717, 1.165) is 84.7 Å². The fraction of sp³-hybridized carbons (Fsp3) is 0.870. The average Bonchev–Trinajstić information content (AvgIpc) is 3.81. The Morgan fingerprint density at radius 3 is 1.43 bits per heavy atom. The predicted molar refractivity (Wildman–Crippen MR) is 253 cm³/mol. The van der Waals surface area contributed by atoms with Crippen molar-refractivity contribution in [3.05, 3.63) is 0 Å². The van der Waals surface area contributed by atoms with Crippen LogP contribution in [0.25, 0.3) is 0 Å². The van der Waals surface area contributed by atoms with Gasteiger partial charge in [0.15, 0.2) is 0 Å². The molecule has 12 heteroatoms. The molecule has 0 unspecified atom stereocenters. The van der Waals surface area contributed by atoms with Crippen molar-refractivity contribution < 1.29 is 14.4 Å². The molecule has 2 saturated carbocycles. The highest BCUT2D eigenvalue weighted by Gasteiger charge is 2.41. The number of hydrogen-bond donors (Lipinski definition) is 4. The van der Waals surface area contributed by atoms with Crippen molar-refractivity contribution in [3.8, 4) is 0 Å². The third-order valence-corrected chi connectivity index (χ3v) is 14.6. The lowest BCUT2D eigenvalue weighted by molar-refractivity contribution is -0.140. The number of unbranched alkanes of at least 4 members (excludes halogenated alkanes) is 2. The summed E-state index contributed by atoms with van der Waals surface area (Å²) in [5.74, 6) is 2.59. The van der Waals surface area contributed by atoms with E-state index in [0.29, 0.717) is 38.4 Å². The van der Waals surface area contributed by atoms with Crippen molar-refractivity contribution in [3.63, 3.8) is 0 Å². The highest BCUT2D eigenvalue weighted by Crippen LogP contribution is 2.39. The van der Waals surface area contributed by atoms with Crippen LogP contribution >= 0.6 is 36.7 Å². The van der Waals surface area contributed by atoms with Gasteiger partial charge in [0.25, 0.3) is 0 Å². The first kappa shape index (κ1) is 50.8. The maximum absolute atomic E-state index is 13.4. The third kappa shape index (κ3) is 15.4. The lowest BCUT2D eigenvalue weighted by atomic mass is 9.72. The molecule has 2 saturated heterocycles. The van der Waals surface area contributed by atoms with Gasteiger partial charge in [-0.15, -0.1) is 0 Å². The van der Waals surface area contributed by atoms with Gasteiger partial charge >= 0.3 is 0 Å². The van der Waals surface area contributed by atoms with E-state index in [2.05, 4.69) is 70.9 Å². The summed E-state index contributed by atoms with van der Waals surface area (Å²) in [6, 6.07) is 0.325. The molecule has 332 valence electrons. The summed E-state index contributed by atoms with van der Waals surface area (Å²) < 4.78 is 0. The first-order chi connectivity index (χ1) is 27.3. The lowest BCUT2D eigenvalue weighted by Gasteiger charge is -2.38. The van der Waals surface area contributed by atoms with E-state index in [1.165, 1.54) is 51.4 Å². The fourth-order valence-electron chi connectivity index (χ4n) is 9.31. The topological polar surface area (TPSA) is 134 Å². The van der Waals surface area contributed by atoms with Crippen molar-refractivity contribution in [1.29, 1.82) is 0 Å². The Kier molecular flexibility index (Phi) is 21.1. The zero-order chi connectivity index (χ0) is 43.2. The second-order valence-electron chi connectivity index (χ2n) is 20.2. The number of likely N-dealkylation sites (tertiary alicyclic amines) is 2. The van der Waals surface area contributed by atoms with Crippen LogP contribution in [0.1, 0.15) is 158 Å². The first-order valence-electron chi connectivity index (χ1n) is 22.9. The standard InChI is InChI=1S/C23H41N3O2S.C23H41N3OS2/c1-5-6-8-16-11-17(12-16)21(27)25-15-18-9-7-10-26(18)22(28)20(23(2,3)4)13-19(29)14-24;1-5-6-8-16-11-17(12-16)21(29)25-15-18-9-7-10-26(18)22(27)20(23(2,3)4)13-19(28)14-24/h16-18,20H,5-15,24H2,1-4H3,(H,25,27);16-18,20H,5-15,24H2,1-4H3,(H,25,29)/t2*16?,17?,18-,20-/m11/s1. The molecular formula is C46H82N6O3S3. The number of nitrogens with two attached hydrogens (primary N) is 2. The zero-order valence-electron chi connectivity index (χ0n) is 37.7. The molecule has 6 N–H and O–H groups in total. The van der Waals surface area contributed by atoms with Crippen LogP contribution < -0.4 is 22.1 Å². The van der Waals surface area contributed by atoms with Gasteiger partial charge in [-0.05, 0) is 86.9 Å². The molecule has 0 spiro atoms. The van der Waals surface area contributed by atoms with Crippen molar-refractivity contribution in [1.82, 2.24) is 20.4 Å². The number of carbonyl (C=O) groups excluding carboxylic acids is 3. The smallest absolute Gasteiger partial charge is 0.226 e. The van der Waals surface area contributed by atoms with Crippen LogP contribution in [0.3, 0.4) is 0 Å². The number of amides is 3. The lowest BCUT2D eigenvalue weighted by Crippen LogP contribution is -2.49. The summed E-state index contributed by atoms with van der Waals surface area (Å²) in [4.78, 5) is 45.9. The Labute approximate surface area is 369 Å². The summed E-state index contributed by atoms with van der Waals surface area (Å²) in [5.41, 5.74) is 11.1. The third-order valence-electron chi connectivity index (χ3n) is 13.5. The molecule has 0 aromatic rings. The van der Waals surface area contributed by atoms with Crippen LogP contribution in [-0.2, 0) is 14.4 Å². The van der Waals surface area contributed by atoms with Gasteiger partial charge in [-0.25, -0.2) is 0 Å². The molecule has 4 atom stereocenters. The largest absolute Gasteiger partial charge is 0.377 e. The van der Waals surface area contributed by atoms with Gasteiger partial charge in [-0.3, -0.25) is 14.4 Å². The van der Waals surface area contributed by atoms with Crippen LogP contribution in [0.15, 0.2) is 0 Å². The Morgan fingerprint density at radius 1 is 0.655 bits per heavy atom. The molecule has 4 aliphatic rings. The van der Waals surface area contributed by atoms with Gasteiger partial charge in [-0.2, -0.15) is 0 Å². The molecule has 2 aliphatic carbocycles. The molecule has 0 aromatic heterocycles. The van der Waals surface area contributed by atoms with Gasteiger partial charge in [-0.1, -0.05) is 131 Å². The molecule has 2 heterocycles. The number of carbonyl (C=O) groups is 3. The minimum absolute atomic E-state index is 0.0960. The summed E-state index contributed by atoms with van der Waals surface area (Å²) >= 11 is 16.4. The molecule has 58 heavy (non-hydrogen) atoms. The van der Waals surface area contributed by atoms with Crippen molar-refractivity contribution in [2.75, 3.05) is 39.3 Å².